The highest BCUT2D eigenvalue weighted by Gasteiger charge is 2.50. The number of para-hydroxylation sites is 1. The monoisotopic (exact) mass is 589 g/mol. The van der Waals surface area contributed by atoms with Crippen molar-refractivity contribution in [1.29, 1.82) is 0 Å². The number of amides is 2. The van der Waals surface area contributed by atoms with Crippen molar-refractivity contribution >= 4 is 45.9 Å². The molecule has 1 saturated heterocycles. The quantitative estimate of drug-likeness (QED) is 0.314. The van der Waals surface area contributed by atoms with Gasteiger partial charge in [0, 0.05) is 42.8 Å². The van der Waals surface area contributed by atoms with Crippen molar-refractivity contribution in [3.63, 3.8) is 0 Å². The van der Waals surface area contributed by atoms with Crippen LogP contribution in [0, 0.1) is 17.8 Å². The summed E-state index contributed by atoms with van der Waals surface area (Å²) >= 11 is 6.60. The number of benzene rings is 2. The van der Waals surface area contributed by atoms with Crippen molar-refractivity contribution in [2.75, 3.05) is 6.54 Å². The van der Waals surface area contributed by atoms with Gasteiger partial charge in [0.05, 0.1) is 16.6 Å². The van der Waals surface area contributed by atoms with Gasteiger partial charge in [-0.2, -0.15) is 0 Å². The van der Waals surface area contributed by atoms with Crippen LogP contribution in [-0.4, -0.2) is 51.9 Å². The topological polar surface area (TPSA) is 109 Å². The number of nitrogens with one attached hydrogen (secondary N) is 2. The third-order valence-electron chi connectivity index (χ3n) is 9.30. The highest BCUT2D eigenvalue weighted by atomic mass is 35.5. The van der Waals surface area contributed by atoms with E-state index >= 15 is 0 Å². The standard InChI is InChI=1S/C33H36ClN3O5/c1-2-29(38)27(14-19-8-7-13-30(19)39)36-32(40)31-23-12-6-9-20(23)18-37(31)33(41)28-17-24-25(34)15-22(16-26(24)35-28)42-21-10-4-3-5-11-21/h3-5,10-11,15-17,19-20,23,27,31,35H,2,6-9,12-14,18H2,1H3,(H,36,40). The van der Waals surface area contributed by atoms with Gasteiger partial charge in [0.2, 0.25) is 5.91 Å². The minimum absolute atomic E-state index is 0.0401. The van der Waals surface area contributed by atoms with Crippen molar-refractivity contribution in [3.05, 3.63) is 59.2 Å². The molecular weight excluding hydrogens is 554 g/mol. The number of ether oxygens (including phenoxy) is 1. The van der Waals surface area contributed by atoms with Gasteiger partial charge in [-0.1, -0.05) is 43.1 Å². The third-order valence-corrected chi connectivity index (χ3v) is 9.61. The number of halogens is 1. The summed E-state index contributed by atoms with van der Waals surface area (Å²) in [6.45, 7) is 2.26. The molecule has 0 radical (unpaired) electrons. The van der Waals surface area contributed by atoms with Crippen LogP contribution in [0.4, 0.5) is 0 Å². The Bertz CT molecular complexity index is 1520. The molecule has 2 N–H and O–H groups in total. The Morgan fingerprint density at radius 2 is 1.88 bits per heavy atom. The zero-order chi connectivity index (χ0) is 29.4. The lowest BCUT2D eigenvalue weighted by Gasteiger charge is -2.29. The molecule has 3 aromatic rings. The number of aromatic amines is 1. The summed E-state index contributed by atoms with van der Waals surface area (Å²) in [7, 11) is 0. The molecular formula is C33H36ClN3O5. The minimum atomic E-state index is -0.720. The second-order valence-electron chi connectivity index (χ2n) is 11.9. The molecule has 220 valence electrons. The Balaban J connectivity index is 1.24. The molecule has 6 rings (SSSR count). The number of likely N-dealkylation sites (tertiary alicyclic amines) is 1. The van der Waals surface area contributed by atoms with Crippen molar-refractivity contribution in [3.8, 4) is 11.5 Å². The van der Waals surface area contributed by atoms with E-state index in [4.69, 9.17) is 16.3 Å². The van der Waals surface area contributed by atoms with Gasteiger partial charge in [-0.25, -0.2) is 0 Å². The molecule has 1 aromatic heterocycles. The Morgan fingerprint density at radius 3 is 2.62 bits per heavy atom. The maximum absolute atomic E-state index is 14.0. The SMILES string of the molecule is CCC(=O)C(CC1CCCC1=O)NC(=O)C1C2CCCC2CN1C(=O)c1cc2c(Cl)cc(Oc3ccccc3)cc2[nH]1. The average Bonchev–Trinajstić information content (AvgIpc) is 3.77. The van der Waals surface area contributed by atoms with E-state index in [0.717, 1.165) is 32.1 Å². The first kappa shape index (κ1) is 28.5. The third kappa shape index (κ3) is 5.56. The zero-order valence-corrected chi connectivity index (χ0v) is 24.5. The number of nitrogens with zero attached hydrogens (tertiary/aromatic N) is 1. The number of carbonyl (C=O) groups is 4. The van der Waals surface area contributed by atoms with E-state index in [1.165, 1.54) is 0 Å². The first-order valence-corrected chi connectivity index (χ1v) is 15.4. The average molecular weight is 590 g/mol. The van der Waals surface area contributed by atoms with E-state index in [2.05, 4.69) is 10.3 Å². The second kappa shape index (κ2) is 11.9. The zero-order valence-electron chi connectivity index (χ0n) is 23.7. The predicted octanol–water partition coefficient (Wildman–Crippen LogP) is 6.08. The molecule has 0 bridgehead atoms. The Morgan fingerprint density at radius 1 is 1.07 bits per heavy atom. The molecule has 3 aliphatic rings. The van der Waals surface area contributed by atoms with Crippen LogP contribution in [0.2, 0.25) is 5.02 Å². The van der Waals surface area contributed by atoms with Gasteiger partial charge in [0.25, 0.3) is 5.91 Å². The maximum atomic E-state index is 14.0. The molecule has 5 atom stereocenters. The van der Waals surface area contributed by atoms with E-state index < -0.39 is 12.1 Å². The van der Waals surface area contributed by atoms with Crippen LogP contribution in [0.1, 0.15) is 68.8 Å². The second-order valence-corrected chi connectivity index (χ2v) is 12.3. The Kier molecular flexibility index (Phi) is 8.08. The summed E-state index contributed by atoms with van der Waals surface area (Å²) in [5, 5.41) is 4.13. The number of aromatic nitrogens is 1. The number of carbonyl (C=O) groups excluding carboxylic acids is 4. The molecule has 2 aromatic carbocycles. The lowest BCUT2D eigenvalue weighted by atomic mass is 9.91. The number of fused-ring (bicyclic) bond motifs is 2. The van der Waals surface area contributed by atoms with Crippen LogP contribution in [-0.2, 0) is 14.4 Å². The number of hydrogen-bond acceptors (Lipinski definition) is 5. The van der Waals surface area contributed by atoms with E-state index in [-0.39, 0.29) is 47.6 Å². The van der Waals surface area contributed by atoms with E-state index in [0.29, 0.717) is 52.5 Å². The van der Waals surface area contributed by atoms with Crippen molar-refractivity contribution < 1.29 is 23.9 Å². The number of hydrogen-bond donors (Lipinski definition) is 2. The molecule has 2 amide bonds. The van der Waals surface area contributed by atoms with Crippen molar-refractivity contribution in [2.45, 2.75) is 70.4 Å². The summed E-state index contributed by atoms with van der Waals surface area (Å²) in [5.74, 6) is 0.804. The van der Waals surface area contributed by atoms with Crippen LogP contribution in [0.3, 0.4) is 0 Å². The summed E-state index contributed by atoms with van der Waals surface area (Å²) in [6.07, 6.45) is 5.56. The molecule has 42 heavy (non-hydrogen) atoms. The lowest BCUT2D eigenvalue weighted by Crippen LogP contribution is -2.53. The molecule has 1 aliphatic heterocycles. The Labute approximate surface area is 250 Å². The summed E-state index contributed by atoms with van der Waals surface area (Å²) in [6, 6.07) is 13.2. The van der Waals surface area contributed by atoms with Crippen LogP contribution >= 0.6 is 11.6 Å². The highest BCUT2D eigenvalue weighted by Crippen LogP contribution is 2.43. The number of rotatable bonds is 9. The number of H-pyrrole nitrogens is 1. The molecule has 2 aliphatic carbocycles. The number of Topliss-reactive ketones (excluding diaryl/α,β-unsaturated/α-hetero) is 2. The highest BCUT2D eigenvalue weighted by molar-refractivity contribution is 6.35. The summed E-state index contributed by atoms with van der Waals surface area (Å²) < 4.78 is 5.95. The number of ketones is 2. The van der Waals surface area contributed by atoms with Gasteiger partial charge < -0.3 is 19.9 Å². The van der Waals surface area contributed by atoms with E-state index in [9.17, 15) is 19.2 Å². The van der Waals surface area contributed by atoms with Crippen LogP contribution < -0.4 is 10.1 Å². The Hall–Kier alpha value is -3.65. The van der Waals surface area contributed by atoms with E-state index in [1.54, 1.807) is 30.0 Å². The predicted molar refractivity (Wildman–Crippen MR) is 160 cm³/mol. The molecule has 9 heteroatoms. The fourth-order valence-electron chi connectivity index (χ4n) is 7.17. The fraction of sp³-hybridized carbons (Fsp3) is 0.455. The molecule has 2 saturated carbocycles. The maximum Gasteiger partial charge on any atom is 0.271 e. The first-order chi connectivity index (χ1) is 20.3. The summed E-state index contributed by atoms with van der Waals surface area (Å²) in [5.41, 5.74) is 1.01. The van der Waals surface area contributed by atoms with Crippen LogP contribution in [0.25, 0.3) is 10.9 Å². The van der Waals surface area contributed by atoms with Gasteiger partial charge >= 0.3 is 0 Å². The first-order valence-electron chi connectivity index (χ1n) is 15.0. The van der Waals surface area contributed by atoms with Gasteiger partial charge in [0.15, 0.2) is 5.78 Å². The molecule has 2 heterocycles. The van der Waals surface area contributed by atoms with Crippen molar-refractivity contribution in [1.82, 2.24) is 15.2 Å². The molecule has 0 spiro atoms. The minimum Gasteiger partial charge on any atom is -0.457 e. The van der Waals surface area contributed by atoms with E-state index in [1.807, 2.05) is 30.3 Å². The normalized spacial score (nSPS) is 24.1. The smallest absolute Gasteiger partial charge is 0.271 e. The largest absolute Gasteiger partial charge is 0.457 e. The van der Waals surface area contributed by atoms with Crippen LogP contribution in [0.5, 0.6) is 11.5 Å². The van der Waals surface area contributed by atoms with Crippen LogP contribution in [0.15, 0.2) is 48.5 Å². The van der Waals surface area contributed by atoms with Gasteiger partial charge in [-0.15, -0.1) is 0 Å². The van der Waals surface area contributed by atoms with Gasteiger partial charge in [-0.3, -0.25) is 19.2 Å². The fourth-order valence-corrected chi connectivity index (χ4v) is 7.43. The van der Waals surface area contributed by atoms with Gasteiger partial charge in [-0.05, 0) is 62.1 Å². The van der Waals surface area contributed by atoms with Crippen molar-refractivity contribution in [2.24, 2.45) is 17.8 Å². The van der Waals surface area contributed by atoms with Gasteiger partial charge in [0.1, 0.15) is 29.0 Å². The molecule has 5 unspecified atom stereocenters. The molecule has 8 nitrogen and oxygen atoms in total. The summed E-state index contributed by atoms with van der Waals surface area (Å²) in [4.78, 5) is 57.9. The molecule has 3 fully saturated rings. The lowest BCUT2D eigenvalue weighted by molar-refractivity contribution is -0.131.